The highest BCUT2D eigenvalue weighted by Gasteiger charge is 2.37. The van der Waals surface area contributed by atoms with Crippen molar-refractivity contribution < 1.29 is 23.7 Å². The van der Waals surface area contributed by atoms with E-state index in [1.807, 2.05) is 54.6 Å². The van der Waals surface area contributed by atoms with Gasteiger partial charge < -0.3 is 29.6 Å². The second kappa shape index (κ2) is 9.85. The first-order valence-electron chi connectivity index (χ1n) is 11.9. The van der Waals surface area contributed by atoms with Gasteiger partial charge in [0.1, 0.15) is 11.5 Å². The van der Waals surface area contributed by atoms with Crippen molar-refractivity contribution in [2.24, 2.45) is 0 Å². The van der Waals surface area contributed by atoms with Gasteiger partial charge in [-0.05, 0) is 48.2 Å². The molecule has 7 heteroatoms. The zero-order chi connectivity index (χ0) is 25.2. The van der Waals surface area contributed by atoms with Gasteiger partial charge in [-0.2, -0.15) is 0 Å². The van der Waals surface area contributed by atoms with Crippen molar-refractivity contribution in [3.63, 3.8) is 0 Å². The first kappa shape index (κ1) is 23.6. The average molecular weight is 487 g/mol. The lowest BCUT2D eigenvalue weighted by Crippen LogP contribution is -2.27. The normalized spacial score (nSPS) is 18.7. The molecule has 0 spiro atoms. The molecule has 0 unspecified atom stereocenters. The molecule has 0 saturated heterocycles. The van der Waals surface area contributed by atoms with E-state index in [0.29, 0.717) is 35.7 Å². The number of benzene rings is 3. The Morgan fingerprint density at radius 3 is 2.08 bits per heavy atom. The van der Waals surface area contributed by atoms with E-state index in [9.17, 15) is 4.79 Å². The van der Waals surface area contributed by atoms with Crippen molar-refractivity contribution in [3.8, 4) is 23.0 Å². The SMILES string of the molecule is COc1ccc([C@@H]2CC(=O)C3=C(C2)Nc2ccccc2N[C@H]3c2cc(OC)c(OC)cc2OC)cc1. The average Bonchev–Trinajstić information content (AvgIpc) is 3.09. The number of nitrogens with one attached hydrogen (secondary N) is 2. The molecule has 186 valence electrons. The Morgan fingerprint density at radius 2 is 1.42 bits per heavy atom. The molecule has 1 heterocycles. The maximum atomic E-state index is 13.8. The molecule has 0 bridgehead atoms. The molecule has 0 radical (unpaired) electrons. The Kier molecular flexibility index (Phi) is 6.46. The van der Waals surface area contributed by atoms with Gasteiger partial charge in [-0.15, -0.1) is 0 Å². The molecule has 3 aromatic carbocycles. The van der Waals surface area contributed by atoms with Gasteiger partial charge in [-0.1, -0.05) is 24.3 Å². The van der Waals surface area contributed by atoms with Crippen molar-refractivity contribution in [1.29, 1.82) is 0 Å². The van der Waals surface area contributed by atoms with Crippen LogP contribution in [0.25, 0.3) is 0 Å². The van der Waals surface area contributed by atoms with Gasteiger partial charge in [0.15, 0.2) is 17.3 Å². The number of ketones is 1. The topological polar surface area (TPSA) is 78.1 Å². The zero-order valence-electron chi connectivity index (χ0n) is 20.9. The molecule has 0 amide bonds. The lowest BCUT2D eigenvalue weighted by Gasteiger charge is -2.30. The maximum absolute atomic E-state index is 13.8. The van der Waals surface area contributed by atoms with Crippen LogP contribution >= 0.6 is 0 Å². The van der Waals surface area contributed by atoms with Crippen LogP contribution in [0.3, 0.4) is 0 Å². The number of fused-ring (bicyclic) bond motifs is 1. The summed E-state index contributed by atoms with van der Waals surface area (Å²) in [6.45, 7) is 0. The lowest BCUT2D eigenvalue weighted by molar-refractivity contribution is -0.116. The molecule has 5 rings (SSSR count). The van der Waals surface area contributed by atoms with Gasteiger partial charge in [-0.25, -0.2) is 0 Å². The fourth-order valence-corrected chi connectivity index (χ4v) is 5.12. The van der Waals surface area contributed by atoms with E-state index < -0.39 is 6.04 Å². The standard InChI is InChI=1S/C29H30N2O5/c1-33-19-11-9-17(10-12-19)18-13-23-28(24(32)14-18)29(31-22-8-6-5-7-21(22)30-23)20-15-26(35-3)27(36-4)16-25(20)34-2/h5-12,15-16,18,29-31H,13-14H2,1-4H3/t18-,29-/m0/s1. The molecular formula is C29H30N2O5. The third-order valence-corrected chi connectivity index (χ3v) is 6.94. The molecule has 3 aromatic rings. The van der Waals surface area contributed by atoms with E-state index in [2.05, 4.69) is 10.6 Å². The highest BCUT2D eigenvalue weighted by Crippen LogP contribution is 2.47. The van der Waals surface area contributed by atoms with Crippen molar-refractivity contribution >= 4 is 17.2 Å². The number of anilines is 2. The molecule has 0 saturated carbocycles. The highest BCUT2D eigenvalue weighted by molar-refractivity contribution is 6.01. The Bertz CT molecular complexity index is 1320. The number of methoxy groups -OCH3 is 4. The summed E-state index contributed by atoms with van der Waals surface area (Å²) in [5.74, 6) is 2.70. The fourth-order valence-electron chi connectivity index (χ4n) is 5.12. The largest absolute Gasteiger partial charge is 0.497 e. The van der Waals surface area contributed by atoms with Gasteiger partial charge in [0.25, 0.3) is 0 Å². The monoisotopic (exact) mass is 486 g/mol. The predicted molar refractivity (Wildman–Crippen MR) is 140 cm³/mol. The minimum Gasteiger partial charge on any atom is -0.497 e. The van der Waals surface area contributed by atoms with E-state index >= 15 is 0 Å². The van der Waals surface area contributed by atoms with E-state index in [0.717, 1.165) is 33.9 Å². The van der Waals surface area contributed by atoms with Crippen LogP contribution in [0.4, 0.5) is 11.4 Å². The first-order valence-corrected chi connectivity index (χ1v) is 11.9. The van der Waals surface area contributed by atoms with E-state index in [-0.39, 0.29) is 11.7 Å². The number of allylic oxidation sites excluding steroid dienone is 1. The molecule has 36 heavy (non-hydrogen) atoms. The van der Waals surface area contributed by atoms with Crippen molar-refractivity contribution in [2.75, 3.05) is 39.1 Å². The summed E-state index contributed by atoms with van der Waals surface area (Å²) in [4.78, 5) is 13.8. The fraction of sp³-hybridized carbons (Fsp3) is 0.276. The molecule has 2 aliphatic rings. The first-order chi connectivity index (χ1) is 17.6. The number of carbonyl (C=O) groups is 1. The summed E-state index contributed by atoms with van der Waals surface area (Å²) in [5, 5.41) is 7.18. The van der Waals surface area contributed by atoms with Crippen LogP contribution in [0.1, 0.15) is 35.9 Å². The second-order valence-electron chi connectivity index (χ2n) is 8.89. The van der Waals surface area contributed by atoms with Crippen LogP contribution in [0.2, 0.25) is 0 Å². The summed E-state index contributed by atoms with van der Waals surface area (Å²) in [6.07, 6.45) is 1.12. The molecule has 0 aromatic heterocycles. The van der Waals surface area contributed by atoms with Crippen LogP contribution < -0.4 is 29.6 Å². The Labute approximate surface area is 211 Å². The van der Waals surface area contributed by atoms with E-state index in [4.69, 9.17) is 18.9 Å². The minimum absolute atomic E-state index is 0.0628. The summed E-state index contributed by atoms with van der Waals surface area (Å²) in [6, 6.07) is 19.2. The van der Waals surface area contributed by atoms with Gasteiger partial charge in [0, 0.05) is 29.3 Å². The quantitative estimate of drug-likeness (QED) is 0.463. The smallest absolute Gasteiger partial charge is 0.164 e. The second-order valence-corrected chi connectivity index (χ2v) is 8.89. The third kappa shape index (κ3) is 4.21. The summed E-state index contributed by atoms with van der Waals surface area (Å²) in [5.41, 5.74) is 5.37. The molecular weight excluding hydrogens is 456 g/mol. The molecule has 0 fully saturated rings. The van der Waals surface area contributed by atoms with Gasteiger partial charge in [-0.3, -0.25) is 4.79 Å². The van der Waals surface area contributed by atoms with E-state index in [1.54, 1.807) is 34.5 Å². The predicted octanol–water partition coefficient (Wildman–Crippen LogP) is 5.70. The Hall–Kier alpha value is -4.13. The lowest BCUT2D eigenvalue weighted by atomic mass is 9.78. The Morgan fingerprint density at radius 1 is 0.750 bits per heavy atom. The van der Waals surface area contributed by atoms with Gasteiger partial charge >= 0.3 is 0 Å². The van der Waals surface area contributed by atoms with Crippen LogP contribution in [-0.4, -0.2) is 34.2 Å². The molecule has 7 nitrogen and oxygen atoms in total. The number of hydrogen-bond acceptors (Lipinski definition) is 7. The Balaban J connectivity index is 1.63. The van der Waals surface area contributed by atoms with Gasteiger partial charge in [0.2, 0.25) is 0 Å². The van der Waals surface area contributed by atoms with Crippen molar-refractivity contribution in [2.45, 2.75) is 24.8 Å². The number of hydrogen-bond donors (Lipinski definition) is 2. The number of Topliss-reactive ketones (excluding diaryl/α,β-unsaturated/α-hetero) is 1. The highest BCUT2D eigenvalue weighted by atomic mass is 16.5. The number of ether oxygens (including phenoxy) is 4. The van der Waals surface area contributed by atoms with Gasteiger partial charge in [0.05, 0.1) is 45.9 Å². The third-order valence-electron chi connectivity index (χ3n) is 6.94. The number of para-hydroxylation sites is 2. The summed E-state index contributed by atoms with van der Waals surface area (Å²) >= 11 is 0. The maximum Gasteiger partial charge on any atom is 0.164 e. The van der Waals surface area contributed by atoms with E-state index in [1.165, 1.54) is 0 Å². The van der Waals surface area contributed by atoms with Crippen molar-refractivity contribution in [3.05, 3.63) is 83.1 Å². The molecule has 1 aliphatic carbocycles. The zero-order valence-corrected chi connectivity index (χ0v) is 20.9. The molecule has 2 N–H and O–H groups in total. The van der Waals surface area contributed by atoms with Crippen LogP contribution in [-0.2, 0) is 4.79 Å². The molecule has 2 atom stereocenters. The number of carbonyl (C=O) groups excluding carboxylic acids is 1. The minimum atomic E-state index is -0.435. The summed E-state index contributed by atoms with van der Waals surface area (Å²) < 4.78 is 22.1. The van der Waals surface area contributed by atoms with Crippen LogP contribution in [0.15, 0.2) is 71.9 Å². The van der Waals surface area contributed by atoms with Crippen LogP contribution in [0, 0.1) is 0 Å². The summed E-state index contributed by atoms with van der Waals surface area (Å²) in [7, 11) is 6.46. The van der Waals surface area contributed by atoms with Crippen LogP contribution in [0.5, 0.6) is 23.0 Å². The number of rotatable bonds is 6. The molecule has 1 aliphatic heterocycles. The van der Waals surface area contributed by atoms with Crippen molar-refractivity contribution in [1.82, 2.24) is 0 Å².